The van der Waals surface area contributed by atoms with Crippen LogP contribution in [0.1, 0.15) is 13.3 Å². The van der Waals surface area contributed by atoms with Crippen molar-refractivity contribution in [2.24, 2.45) is 5.92 Å². The minimum absolute atomic E-state index is 0.119. The molecule has 5 atom stereocenters. The van der Waals surface area contributed by atoms with Crippen molar-refractivity contribution in [3.8, 4) is 0 Å². The molecule has 1 saturated heterocycles. The van der Waals surface area contributed by atoms with Crippen LogP contribution in [0.5, 0.6) is 0 Å². The number of rotatable bonds is 1. The largest absolute Gasteiger partial charge is 0.393 e. The predicted octanol–water partition coefficient (Wildman–Crippen LogP) is -0.503. The first-order valence-corrected chi connectivity index (χ1v) is 4.97. The molecule has 2 rings (SSSR count). The van der Waals surface area contributed by atoms with Crippen molar-refractivity contribution in [1.82, 2.24) is 0 Å². The molecule has 64 valence electrons. The van der Waals surface area contributed by atoms with Gasteiger partial charge in [0, 0.05) is 11.1 Å². The van der Waals surface area contributed by atoms with Crippen molar-refractivity contribution in [3.63, 3.8) is 0 Å². The Kier molecular flexibility index (Phi) is 1.56. The first-order valence-electron chi connectivity index (χ1n) is 3.90. The monoisotopic (exact) mass is 176 g/mol. The molecule has 11 heavy (non-hydrogen) atoms. The highest BCUT2D eigenvalue weighted by molar-refractivity contribution is 7.50. The van der Waals surface area contributed by atoms with Crippen LogP contribution < -0.4 is 0 Å². The lowest BCUT2D eigenvalue weighted by molar-refractivity contribution is -0.163. The molecule has 1 aliphatic heterocycles. The third-order valence-electron chi connectivity index (χ3n) is 3.05. The van der Waals surface area contributed by atoms with Crippen LogP contribution in [0.3, 0.4) is 0 Å². The number of aliphatic hydroxyl groups is 3. The standard InChI is InChI=1S/C7H13O3P/c1-3-7(11-3)2-4(8)5(7)6(9)10/h3-6,8-11H,2H2,1H3/t3?,4-,5?,7?/m0/s1. The summed E-state index contributed by atoms with van der Waals surface area (Å²) in [7, 11) is 0.817. The molecule has 4 unspecified atom stereocenters. The van der Waals surface area contributed by atoms with E-state index in [-0.39, 0.29) is 11.1 Å². The Hall–Kier alpha value is 0.310. The van der Waals surface area contributed by atoms with Gasteiger partial charge in [-0.15, -0.1) is 8.58 Å². The Morgan fingerprint density at radius 3 is 2.27 bits per heavy atom. The zero-order valence-corrected chi connectivity index (χ0v) is 7.36. The number of hydrogen-bond acceptors (Lipinski definition) is 3. The van der Waals surface area contributed by atoms with Crippen molar-refractivity contribution < 1.29 is 15.3 Å². The molecule has 0 bridgehead atoms. The Labute approximate surface area is 67.2 Å². The van der Waals surface area contributed by atoms with Gasteiger partial charge in [-0.3, -0.25) is 0 Å². The zero-order valence-electron chi connectivity index (χ0n) is 6.36. The average molecular weight is 176 g/mol. The van der Waals surface area contributed by atoms with Gasteiger partial charge >= 0.3 is 0 Å². The molecule has 1 saturated carbocycles. The molecule has 0 amide bonds. The van der Waals surface area contributed by atoms with Crippen molar-refractivity contribution in [1.29, 1.82) is 0 Å². The minimum Gasteiger partial charge on any atom is -0.393 e. The lowest BCUT2D eigenvalue weighted by atomic mass is 9.69. The van der Waals surface area contributed by atoms with Crippen molar-refractivity contribution in [3.05, 3.63) is 0 Å². The van der Waals surface area contributed by atoms with Gasteiger partial charge in [0.25, 0.3) is 0 Å². The highest BCUT2D eigenvalue weighted by atomic mass is 31.1. The van der Waals surface area contributed by atoms with E-state index in [9.17, 15) is 5.11 Å². The van der Waals surface area contributed by atoms with Gasteiger partial charge in [-0.25, -0.2) is 0 Å². The van der Waals surface area contributed by atoms with Crippen LogP contribution in [0.25, 0.3) is 0 Å². The molecule has 0 aromatic heterocycles. The van der Waals surface area contributed by atoms with Crippen molar-refractivity contribution >= 4 is 8.58 Å². The summed E-state index contributed by atoms with van der Waals surface area (Å²) < 4.78 is 0. The molecule has 1 heterocycles. The maximum Gasteiger partial charge on any atom is 0.157 e. The Balaban J connectivity index is 2.07. The quantitative estimate of drug-likeness (QED) is 0.373. The van der Waals surface area contributed by atoms with Crippen LogP contribution in [0.15, 0.2) is 0 Å². The SMILES string of the molecule is CC1PC12C[C@H](O)C2C(O)O. The minimum atomic E-state index is -1.32. The summed E-state index contributed by atoms with van der Waals surface area (Å²) in [6.07, 6.45) is -1.03. The first kappa shape index (κ1) is 7.93. The zero-order chi connectivity index (χ0) is 8.22. The second-order valence-electron chi connectivity index (χ2n) is 3.62. The topological polar surface area (TPSA) is 60.7 Å². The van der Waals surface area contributed by atoms with E-state index in [1.807, 2.05) is 0 Å². The van der Waals surface area contributed by atoms with Gasteiger partial charge in [0.15, 0.2) is 6.29 Å². The maximum atomic E-state index is 9.26. The summed E-state index contributed by atoms with van der Waals surface area (Å²) in [4.78, 5) is 0. The molecule has 4 heteroatoms. The van der Waals surface area contributed by atoms with Gasteiger partial charge in [0.2, 0.25) is 0 Å². The van der Waals surface area contributed by atoms with Gasteiger partial charge in [0.05, 0.1) is 6.10 Å². The highest BCUT2D eigenvalue weighted by Gasteiger charge is 2.67. The third-order valence-corrected chi connectivity index (χ3v) is 5.20. The van der Waals surface area contributed by atoms with Crippen LogP contribution in [-0.4, -0.2) is 38.5 Å². The second-order valence-corrected chi connectivity index (χ2v) is 5.70. The average Bonchev–Trinajstić information content (AvgIpc) is 2.40. The van der Waals surface area contributed by atoms with Crippen molar-refractivity contribution in [2.75, 3.05) is 0 Å². The summed E-state index contributed by atoms with van der Waals surface area (Å²) >= 11 is 0. The number of aliphatic hydroxyl groups excluding tert-OH is 2. The summed E-state index contributed by atoms with van der Waals surface area (Å²) in [5.74, 6) is -0.268. The molecule has 0 radical (unpaired) electrons. The van der Waals surface area contributed by atoms with E-state index in [1.54, 1.807) is 0 Å². The molecule has 1 spiro atoms. The molecule has 2 aliphatic rings. The molecular formula is C7H13O3P. The molecule has 1 aliphatic carbocycles. The third kappa shape index (κ3) is 0.888. The summed E-state index contributed by atoms with van der Waals surface area (Å²) in [5, 5.41) is 27.2. The fraction of sp³-hybridized carbons (Fsp3) is 1.00. The van der Waals surface area contributed by atoms with Crippen LogP contribution in [-0.2, 0) is 0 Å². The van der Waals surface area contributed by atoms with Crippen LogP contribution in [0.4, 0.5) is 0 Å². The summed E-state index contributed by atoms with van der Waals surface area (Å²) in [6.45, 7) is 2.11. The fourth-order valence-electron chi connectivity index (χ4n) is 2.24. The van der Waals surface area contributed by atoms with Gasteiger partial charge in [-0.2, -0.15) is 0 Å². The molecular weight excluding hydrogens is 163 g/mol. The second kappa shape index (κ2) is 2.17. The maximum absolute atomic E-state index is 9.26. The van der Waals surface area contributed by atoms with Crippen LogP contribution in [0, 0.1) is 5.92 Å². The van der Waals surface area contributed by atoms with Gasteiger partial charge in [-0.05, 0) is 12.1 Å². The molecule has 0 aromatic rings. The van der Waals surface area contributed by atoms with Crippen LogP contribution >= 0.6 is 8.58 Å². The van der Waals surface area contributed by atoms with Gasteiger partial charge < -0.3 is 15.3 Å². The first-order chi connectivity index (χ1) is 5.08. The fourth-order valence-corrected chi connectivity index (χ4v) is 4.13. The molecule has 2 fully saturated rings. The molecule has 3 nitrogen and oxygen atoms in total. The van der Waals surface area contributed by atoms with E-state index in [2.05, 4.69) is 6.92 Å². The van der Waals surface area contributed by atoms with E-state index < -0.39 is 12.4 Å². The van der Waals surface area contributed by atoms with Gasteiger partial charge in [-0.1, -0.05) is 6.92 Å². The Morgan fingerprint density at radius 2 is 2.09 bits per heavy atom. The van der Waals surface area contributed by atoms with E-state index >= 15 is 0 Å². The predicted molar refractivity (Wildman–Crippen MR) is 42.8 cm³/mol. The Morgan fingerprint density at radius 1 is 1.55 bits per heavy atom. The lowest BCUT2D eigenvalue weighted by Gasteiger charge is -2.43. The molecule has 3 N–H and O–H groups in total. The van der Waals surface area contributed by atoms with Gasteiger partial charge in [0.1, 0.15) is 0 Å². The normalized spacial score (nSPS) is 57.0. The Bertz CT molecular complexity index is 180. The van der Waals surface area contributed by atoms with Crippen LogP contribution in [0.2, 0.25) is 0 Å². The summed E-state index contributed by atoms with van der Waals surface area (Å²) in [5.41, 5.74) is 0.595. The highest BCUT2D eigenvalue weighted by Crippen LogP contribution is 2.73. The van der Waals surface area contributed by atoms with E-state index in [4.69, 9.17) is 10.2 Å². The molecule has 0 aromatic carbocycles. The smallest absolute Gasteiger partial charge is 0.157 e. The van der Waals surface area contributed by atoms with Crippen molar-refractivity contribution in [2.45, 2.75) is 36.6 Å². The van der Waals surface area contributed by atoms with E-state index in [1.165, 1.54) is 0 Å². The number of hydrogen-bond donors (Lipinski definition) is 3. The lowest BCUT2D eigenvalue weighted by Crippen LogP contribution is -2.54. The summed E-state index contributed by atoms with van der Waals surface area (Å²) in [6, 6.07) is 0. The van der Waals surface area contributed by atoms with E-state index in [0.29, 0.717) is 5.66 Å². The van der Waals surface area contributed by atoms with E-state index in [0.717, 1.165) is 15.0 Å².